The Hall–Kier alpha value is -2.31. The number of nitrogen functional groups attached to an aromatic ring is 1. The van der Waals surface area contributed by atoms with E-state index in [1.54, 1.807) is 24.0 Å². The van der Waals surface area contributed by atoms with Gasteiger partial charge in [-0.15, -0.1) is 0 Å². The average Bonchev–Trinajstić information content (AvgIpc) is 2.77. The lowest BCUT2D eigenvalue weighted by atomic mass is 10.4. The van der Waals surface area contributed by atoms with Gasteiger partial charge in [0.1, 0.15) is 0 Å². The van der Waals surface area contributed by atoms with Crippen LogP contribution in [0.15, 0.2) is 18.5 Å². The number of H-pyrrole nitrogens is 1. The number of carbonyl (C=O) groups is 1. The van der Waals surface area contributed by atoms with Crippen molar-refractivity contribution >= 4 is 17.4 Å². The van der Waals surface area contributed by atoms with Gasteiger partial charge in [0.25, 0.3) is 5.91 Å². The third-order valence-electron chi connectivity index (χ3n) is 1.85. The Morgan fingerprint density at radius 2 is 2.47 bits per heavy atom. The monoisotopic (exact) mass is 206 g/mol. The predicted octanol–water partition coefficient (Wildman–Crippen LogP) is -0.0223. The SMILES string of the molecule is Cn1ccc(C(=O)Nc2[nH]ncc2N)n1. The first-order chi connectivity index (χ1) is 7.16. The van der Waals surface area contributed by atoms with Crippen molar-refractivity contribution in [3.05, 3.63) is 24.2 Å². The van der Waals surface area contributed by atoms with Gasteiger partial charge in [-0.25, -0.2) is 0 Å². The standard InChI is InChI=1S/C8H10N6O/c1-14-3-2-6(13-14)8(15)11-7-5(9)4-10-12-7/h2-4H,9H2,1H3,(H2,10,11,12,15). The van der Waals surface area contributed by atoms with Gasteiger partial charge in [-0.3, -0.25) is 14.6 Å². The molecule has 7 nitrogen and oxygen atoms in total. The molecule has 0 atom stereocenters. The molecule has 15 heavy (non-hydrogen) atoms. The van der Waals surface area contributed by atoms with E-state index in [1.807, 2.05) is 0 Å². The van der Waals surface area contributed by atoms with E-state index >= 15 is 0 Å². The number of nitrogens with two attached hydrogens (primary N) is 1. The highest BCUT2D eigenvalue weighted by atomic mass is 16.2. The number of hydrogen-bond donors (Lipinski definition) is 3. The van der Waals surface area contributed by atoms with Crippen molar-refractivity contribution in [2.45, 2.75) is 0 Å². The van der Waals surface area contributed by atoms with E-state index in [1.165, 1.54) is 6.20 Å². The number of hydrogen-bond acceptors (Lipinski definition) is 4. The molecule has 0 radical (unpaired) electrons. The van der Waals surface area contributed by atoms with Crippen molar-refractivity contribution in [1.29, 1.82) is 0 Å². The number of carbonyl (C=O) groups excluding carboxylic acids is 1. The Bertz CT molecular complexity index is 485. The van der Waals surface area contributed by atoms with Crippen LogP contribution in [0.2, 0.25) is 0 Å². The summed E-state index contributed by atoms with van der Waals surface area (Å²) in [7, 11) is 1.74. The summed E-state index contributed by atoms with van der Waals surface area (Å²) >= 11 is 0. The Balaban J connectivity index is 2.14. The van der Waals surface area contributed by atoms with Gasteiger partial charge in [0.05, 0.1) is 11.9 Å². The van der Waals surface area contributed by atoms with Gasteiger partial charge in [-0.2, -0.15) is 10.2 Å². The molecular weight excluding hydrogens is 196 g/mol. The van der Waals surface area contributed by atoms with Crippen molar-refractivity contribution in [1.82, 2.24) is 20.0 Å². The van der Waals surface area contributed by atoms with Crippen LogP contribution in [0.4, 0.5) is 11.5 Å². The molecule has 0 aliphatic carbocycles. The summed E-state index contributed by atoms with van der Waals surface area (Å²) in [6.07, 6.45) is 3.11. The van der Waals surface area contributed by atoms with Gasteiger partial charge >= 0.3 is 0 Å². The van der Waals surface area contributed by atoms with Gasteiger partial charge in [0.15, 0.2) is 11.5 Å². The molecule has 2 aromatic heterocycles. The number of nitrogens with one attached hydrogen (secondary N) is 2. The van der Waals surface area contributed by atoms with Gasteiger partial charge in [-0.1, -0.05) is 0 Å². The van der Waals surface area contributed by atoms with Crippen LogP contribution >= 0.6 is 0 Å². The third kappa shape index (κ3) is 1.80. The Labute approximate surface area is 85.3 Å². The summed E-state index contributed by atoms with van der Waals surface area (Å²) < 4.78 is 1.55. The minimum absolute atomic E-state index is 0.325. The molecule has 0 spiro atoms. The second kappa shape index (κ2) is 3.45. The van der Waals surface area contributed by atoms with E-state index in [9.17, 15) is 4.79 Å². The Kier molecular flexibility index (Phi) is 2.13. The fraction of sp³-hybridized carbons (Fsp3) is 0.125. The fourth-order valence-corrected chi connectivity index (χ4v) is 1.11. The molecule has 7 heteroatoms. The average molecular weight is 206 g/mol. The van der Waals surface area contributed by atoms with Crippen LogP contribution in [-0.2, 0) is 7.05 Å². The molecule has 0 fully saturated rings. The Morgan fingerprint density at radius 3 is 3.00 bits per heavy atom. The number of anilines is 2. The molecule has 78 valence electrons. The molecule has 1 amide bonds. The van der Waals surface area contributed by atoms with Crippen molar-refractivity contribution in [3.8, 4) is 0 Å². The lowest BCUT2D eigenvalue weighted by Gasteiger charge is -1.99. The van der Waals surface area contributed by atoms with Crippen LogP contribution in [0.5, 0.6) is 0 Å². The quantitative estimate of drug-likeness (QED) is 0.642. The first-order valence-corrected chi connectivity index (χ1v) is 4.26. The van der Waals surface area contributed by atoms with Crippen LogP contribution in [0.1, 0.15) is 10.5 Å². The minimum atomic E-state index is -0.327. The number of amides is 1. The molecule has 0 aliphatic heterocycles. The smallest absolute Gasteiger partial charge is 0.277 e. The molecule has 2 rings (SSSR count). The molecule has 0 saturated carbocycles. The van der Waals surface area contributed by atoms with Gasteiger partial charge in [0.2, 0.25) is 0 Å². The molecule has 4 N–H and O–H groups in total. The van der Waals surface area contributed by atoms with Crippen molar-refractivity contribution in [3.63, 3.8) is 0 Å². The number of nitrogens with zero attached hydrogens (tertiary/aromatic N) is 3. The minimum Gasteiger partial charge on any atom is -0.394 e. The fourth-order valence-electron chi connectivity index (χ4n) is 1.11. The molecule has 0 aliphatic rings. The summed E-state index contributed by atoms with van der Waals surface area (Å²) in [5.74, 6) is 0.0530. The van der Waals surface area contributed by atoms with E-state index in [2.05, 4.69) is 20.6 Å². The van der Waals surface area contributed by atoms with E-state index < -0.39 is 0 Å². The van der Waals surface area contributed by atoms with Crippen LogP contribution in [0, 0.1) is 0 Å². The first kappa shape index (κ1) is 9.25. The molecule has 2 heterocycles. The molecular formula is C8H10N6O. The predicted molar refractivity (Wildman–Crippen MR) is 54.2 cm³/mol. The highest BCUT2D eigenvalue weighted by molar-refractivity contribution is 6.03. The topological polar surface area (TPSA) is 102 Å². The second-order valence-electron chi connectivity index (χ2n) is 3.03. The van der Waals surface area contributed by atoms with E-state index in [0.29, 0.717) is 17.2 Å². The third-order valence-corrected chi connectivity index (χ3v) is 1.85. The summed E-state index contributed by atoms with van der Waals surface area (Å²) in [6, 6.07) is 1.61. The number of rotatable bonds is 2. The largest absolute Gasteiger partial charge is 0.394 e. The summed E-state index contributed by atoms with van der Waals surface area (Å²) in [5, 5.41) is 12.8. The lowest BCUT2D eigenvalue weighted by molar-refractivity contribution is 0.102. The highest BCUT2D eigenvalue weighted by Crippen LogP contribution is 2.13. The number of aromatic nitrogens is 4. The molecule has 2 aromatic rings. The zero-order chi connectivity index (χ0) is 10.8. The highest BCUT2D eigenvalue weighted by Gasteiger charge is 2.11. The summed E-state index contributed by atoms with van der Waals surface area (Å²) in [4.78, 5) is 11.6. The lowest BCUT2D eigenvalue weighted by Crippen LogP contribution is -2.14. The normalized spacial score (nSPS) is 10.2. The zero-order valence-electron chi connectivity index (χ0n) is 8.06. The first-order valence-electron chi connectivity index (χ1n) is 4.26. The number of aryl methyl sites for hydroxylation is 1. The van der Waals surface area contributed by atoms with Crippen molar-refractivity contribution in [2.75, 3.05) is 11.1 Å². The van der Waals surface area contributed by atoms with E-state index in [0.717, 1.165) is 0 Å². The zero-order valence-corrected chi connectivity index (χ0v) is 8.06. The van der Waals surface area contributed by atoms with Crippen LogP contribution in [0.25, 0.3) is 0 Å². The van der Waals surface area contributed by atoms with E-state index in [4.69, 9.17) is 5.73 Å². The van der Waals surface area contributed by atoms with Crippen LogP contribution in [-0.4, -0.2) is 25.9 Å². The summed E-state index contributed by atoms with van der Waals surface area (Å²) in [6.45, 7) is 0. The Morgan fingerprint density at radius 1 is 1.67 bits per heavy atom. The molecule has 0 unspecified atom stereocenters. The maximum Gasteiger partial charge on any atom is 0.277 e. The van der Waals surface area contributed by atoms with Gasteiger partial charge < -0.3 is 11.1 Å². The van der Waals surface area contributed by atoms with Crippen molar-refractivity contribution in [2.24, 2.45) is 7.05 Å². The number of aromatic amines is 1. The van der Waals surface area contributed by atoms with Gasteiger partial charge in [0, 0.05) is 13.2 Å². The van der Waals surface area contributed by atoms with Crippen LogP contribution in [0.3, 0.4) is 0 Å². The molecule has 0 aromatic carbocycles. The molecule has 0 bridgehead atoms. The maximum absolute atomic E-state index is 11.6. The van der Waals surface area contributed by atoms with E-state index in [-0.39, 0.29) is 5.91 Å². The van der Waals surface area contributed by atoms with Crippen molar-refractivity contribution < 1.29 is 4.79 Å². The summed E-state index contributed by atoms with van der Waals surface area (Å²) in [5.41, 5.74) is 6.25. The molecule has 0 saturated heterocycles. The van der Waals surface area contributed by atoms with Gasteiger partial charge in [-0.05, 0) is 6.07 Å². The second-order valence-corrected chi connectivity index (χ2v) is 3.03. The maximum atomic E-state index is 11.6. The van der Waals surface area contributed by atoms with Crippen LogP contribution < -0.4 is 11.1 Å².